The number of aromatic nitrogens is 2. The van der Waals surface area contributed by atoms with Gasteiger partial charge in [-0.25, -0.2) is 0 Å². The van der Waals surface area contributed by atoms with E-state index in [1.165, 1.54) is 0 Å². The molecular weight excluding hydrogens is 192 g/mol. The number of nitrogens with zero attached hydrogens (tertiary/aromatic N) is 2. The summed E-state index contributed by atoms with van der Waals surface area (Å²) in [7, 11) is 3.57. The zero-order valence-electron chi connectivity index (χ0n) is 9.03. The third-order valence-corrected chi connectivity index (χ3v) is 2.95. The van der Waals surface area contributed by atoms with Crippen molar-refractivity contribution in [1.82, 2.24) is 20.4 Å². The van der Waals surface area contributed by atoms with Gasteiger partial charge < -0.3 is 10.6 Å². The Morgan fingerprint density at radius 3 is 3.07 bits per heavy atom. The molecule has 82 valence electrons. The molecule has 0 bridgehead atoms. The molecule has 1 saturated heterocycles. The van der Waals surface area contributed by atoms with E-state index in [0.29, 0.717) is 0 Å². The summed E-state index contributed by atoms with van der Waals surface area (Å²) in [5.74, 6) is 0.381. The van der Waals surface area contributed by atoms with Crippen LogP contribution in [0.2, 0.25) is 0 Å². The topological polar surface area (TPSA) is 59.0 Å². The predicted molar refractivity (Wildman–Crippen MR) is 56.4 cm³/mol. The van der Waals surface area contributed by atoms with Gasteiger partial charge in [0.2, 0.25) is 5.91 Å². The highest BCUT2D eigenvalue weighted by molar-refractivity contribution is 5.80. The van der Waals surface area contributed by atoms with E-state index in [1.54, 1.807) is 11.7 Å². The molecule has 0 saturated carbocycles. The number of carbonyl (C=O) groups is 1. The fourth-order valence-corrected chi connectivity index (χ4v) is 2.12. The fraction of sp³-hybridized carbons (Fsp3) is 0.600. The highest BCUT2D eigenvalue weighted by atomic mass is 16.1. The van der Waals surface area contributed by atoms with Crippen LogP contribution < -0.4 is 10.6 Å². The SMILES string of the molecule is CNC(=O)[C@H]1CNC[C@H]1c1cnn(C)c1. The maximum Gasteiger partial charge on any atom is 0.224 e. The van der Waals surface area contributed by atoms with Crippen LogP contribution in [0.15, 0.2) is 12.4 Å². The van der Waals surface area contributed by atoms with Crippen molar-refractivity contribution in [2.24, 2.45) is 13.0 Å². The molecular formula is C10H16N4O. The van der Waals surface area contributed by atoms with Crippen LogP contribution in [0.5, 0.6) is 0 Å². The Hall–Kier alpha value is -1.36. The van der Waals surface area contributed by atoms with Crippen LogP contribution in [-0.2, 0) is 11.8 Å². The number of rotatable bonds is 2. The summed E-state index contributed by atoms with van der Waals surface area (Å²) >= 11 is 0. The lowest BCUT2D eigenvalue weighted by molar-refractivity contribution is -0.124. The molecule has 2 atom stereocenters. The Kier molecular flexibility index (Phi) is 2.73. The first kappa shape index (κ1) is 10.2. The molecule has 0 aromatic carbocycles. The molecule has 15 heavy (non-hydrogen) atoms. The number of hydrogen-bond donors (Lipinski definition) is 2. The Bertz CT molecular complexity index is 360. The third-order valence-electron chi connectivity index (χ3n) is 2.95. The summed E-state index contributed by atoms with van der Waals surface area (Å²) in [5, 5.41) is 10.1. The Morgan fingerprint density at radius 1 is 1.67 bits per heavy atom. The van der Waals surface area contributed by atoms with Gasteiger partial charge in [0, 0.05) is 39.3 Å². The summed E-state index contributed by atoms with van der Waals surface area (Å²) in [6.45, 7) is 1.60. The van der Waals surface area contributed by atoms with E-state index in [1.807, 2.05) is 19.4 Å². The first-order valence-corrected chi connectivity index (χ1v) is 5.13. The van der Waals surface area contributed by atoms with Gasteiger partial charge in [0.15, 0.2) is 0 Å². The van der Waals surface area contributed by atoms with E-state index >= 15 is 0 Å². The highest BCUT2D eigenvalue weighted by Crippen LogP contribution is 2.27. The van der Waals surface area contributed by atoms with E-state index in [2.05, 4.69) is 15.7 Å². The standard InChI is InChI=1S/C10H16N4O/c1-11-10(15)9-5-12-4-8(9)7-3-13-14(2)6-7/h3,6,8-9,12H,4-5H2,1-2H3,(H,11,15)/t8-,9-/m0/s1. The van der Waals surface area contributed by atoms with Gasteiger partial charge >= 0.3 is 0 Å². The molecule has 2 N–H and O–H groups in total. The molecule has 0 aliphatic carbocycles. The first-order valence-electron chi connectivity index (χ1n) is 5.13. The van der Waals surface area contributed by atoms with Crippen molar-refractivity contribution >= 4 is 5.91 Å². The molecule has 1 aromatic heterocycles. The van der Waals surface area contributed by atoms with Crippen molar-refractivity contribution in [3.05, 3.63) is 18.0 Å². The van der Waals surface area contributed by atoms with Crippen LogP contribution in [0, 0.1) is 5.92 Å². The maximum atomic E-state index is 11.6. The Labute approximate surface area is 88.8 Å². The lowest BCUT2D eigenvalue weighted by Gasteiger charge is -2.15. The van der Waals surface area contributed by atoms with Gasteiger partial charge in [-0.05, 0) is 5.56 Å². The largest absolute Gasteiger partial charge is 0.359 e. The second kappa shape index (κ2) is 4.02. The van der Waals surface area contributed by atoms with Crippen LogP contribution in [-0.4, -0.2) is 35.8 Å². The second-order valence-corrected chi connectivity index (χ2v) is 3.93. The van der Waals surface area contributed by atoms with Gasteiger partial charge in [0.05, 0.1) is 12.1 Å². The van der Waals surface area contributed by atoms with Crippen molar-refractivity contribution in [1.29, 1.82) is 0 Å². The van der Waals surface area contributed by atoms with Crippen molar-refractivity contribution in [3.8, 4) is 0 Å². The molecule has 1 aliphatic heterocycles. The molecule has 0 unspecified atom stereocenters. The van der Waals surface area contributed by atoms with Gasteiger partial charge in [0.1, 0.15) is 0 Å². The van der Waals surface area contributed by atoms with E-state index in [4.69, 9.17) is 0 Å². The molecule has 1 fully saturated rings. The van der Waals surface area contributed by atoms with E-state index < -0.39 is 0 Å². The van der Waals surface area contributed by atoms with E-state index in [0.717, 1.165) is 18.7 Å². The number of nitrogens with one attached hydrogen (secondary N) is 2. The molecule has 1 aliphatic rings. The molecule has 0 spiro atoms. The lowest BCUT2D eigenvalue weighted by Crippen LogP contribution is -2.31. The van der Waals surface area contributed by atoms with Crippen molar-refractivity contribution in [3.63, 3.8) is 0 Å². The molecule has 5 nitrogen and oxygen atoms in total. The molecule has 5 heteroatoms. The number of hydrogen-bond acceptors (Lipinski definition) is 3. The highest BCUT2D eigenvalue weighted by Gasteiger charge is 2.33. The van der Waals surface area contributed by atoms with Crippen LogP contribution in [0.3, 0.4) is 0 Å². The van der Waals surface area contributed by atoms with Crippen LogP contribution >= 0.6 is 0 Å². The van der Waals surface area contributed by atoms with Crippen LogP contribution in [0.1, 0.15) is 11.5 Å². The predicted octanol–water partition coefficient (Wildman–Crippen LogP) is -0.531. The number of aryl methyl sites for hydroxylation is 1. The smallest absolute Gasteiger partial charge is 0.224 e. The van der Waals surface area contributed by atoms with Gasteiger partial charge in [-0.2, -0.15) is 5.10 Å². The van der Waals surface area contributed by atoms with E-state index in [-0.39, 0.29) is 17.7 Å². The monoisotopic (exact) mass is 208 g/mol. The maximum absolute atomic E-state index is 11.6. The quantitative estimate of drug-likeness (QED) is 0.687. The molecule has 2 rings (SSSR count). The average molecular weight is 208 g/mol. The van der Waals surface area contributed by atoms with Crippen LogP contribution in [0.25, 0.3) is 0 Å². The summed E-state index contributed by atoms with van der Waals surface area (Å²) in [6.07, 6.45) is 3.82. The Balaban J connectivity index is 2.18. The third kappa shape index (κ3) is 1.87. The van der Waals surface area contributed by atoms with Gasteiger partial charge in [-0.15, -0.1) is 0 Å². The molecule has 1 aromatic rings. The van der Waals surface area contributed by atoms with Crippen molar-refractivity contribution in [2.45, 2.75) is 5.92 Å². The molecule has 0 radical (unpaired) electrons. The summed E-state index contributed by atoms with van der Waals surface area (Å²) in [4.78, 5) is 11.6. The number of amides is 1. The van der Waals surface area contributed by atoms with Gasteiger partial charge in [-0.3, -0.25) is 9.48 Å². The van der Waals surface area contributed by atoms with Gasteiger partial charge in [0.25, 0.3) is 0 Å². The zero-order chi connectivity index (χ0) is 10.8. The minimum atomic E-state index is 0.0270. The van der Waals surface area contributed by atoms with Crippen LogP contribution in [0.4, 0.5) is 0 Å². The second-order valence-electron chi connectivity index (χ2n) is 3.93. The normalized spacial score (nSPS) is 25.5. The summed E-state index contributed by atoms with van der Waals surface area (Å²) in [5.41, 5.74) is 1.14. The van der Waals surface area contributed by atoms with Gasteiger partial charge in [-0.1, -0.05) is 0 Å². The fourth-order valence-electron chi connectivity index (χ4n) is 2.12. The minimum Gasteiger partial charge on any atom is -0.359 e. The average Bonchev–Trinajstić information content (AvgIpc) is 2.84. The minimum absolute atomic E-state index is 0.0270. The number of carbonyl (C=O) groups excluding carboxylic acids is 1. The summed E-state index contributed by atoms with van der Waals surface area (Å²) < 4.78 is 1.77. The van der Waals surface area contributed by atoms with Crippen molar-refractivity contribution < 1.29 is 4.79 Å². The zero-order valence-corrected chi connectivity index (χ0v) is 9.03. The first-order chi connectivity index (χ1) is 7.22. The molecule has 2 heterocycles. The Morgan fingerprint density at radius 2 is 2.47 bits per heavy atom. The lowest BCUT2D eigenvalue weighted by atomic mass is 9.90. The molecule has 1 amide bonds. The summed E-state index contributed by atoms with van der Waals surface area (Å²) in [6, 6.07) is 0. The van der Waals surface area contributed by atoms with E-state index in [9.17, 15) is 4.79 Å². The van der Waals surface area contributed by atoms with Crippen molar-refractivity contribution in [2.75, 3.05) is 20.1 Å².